The van der Waals surface area contributed by atoms with E-state index in [1.54, 1.807) is 7.11 Å². The van der Waals surface area contributed by atoms with Gasteiger partial charge in [-0.15, -0.1) is 11.8 Å². The Kier molecular flexibility index (Phi) is 3.31. The van der Waals surface area contributed by atoms with E-state index in [4.69, 9.17) is 4.84 Å². The van der Waals surface area contributed by atoms with Crippen LogP contribution in [-0.2, 0) is 4.84 Å². The van der Waals surface area contributed by atoms with Gasteiger partial charge in [-0.05, 0) is 37.5 Å². The monoisotopic (exact) mass is 221 g/mol. The summed E-state index contributed by atoms with van der Waals surface area (Å²) in [5.41, 5.74) is 2.04. The largest absolute Gasteiger partial charge is 0.399 e. The van der Waals surface area contributed by atoms with E-state index in [0.29, 0.717) is 0 Å². The van der Waals surface area contributed by atoms with Gasteiger partial charge in [-0.25, -0.2) is 0 Å². The third kappa shape index (κ3) is 2.99. The van der Waals surface area contributed by atoms with Crippen LogP contribution in [0.5, 0.6) is 0 Å². The molecular formula is C12H15NOS. The molecule has 0 atom stereocenters. The van der Waals surface area contributed by atoms with Gasteiger partial charge in [-0.1, -0.05) is 17.3 Å². The van der Waals surface area contributed by atoms with Crippen molar-refractivity contribution in [3.05, 3.63) is 29.8 Å². The molecule has 0 heterocycles. The molecule has 0 amide bonds. The quantitative estimate of drug-likeness (QED) is 0.574. The standard InChI is InChI=1S/C12H15NOS/c1-9(13-14-2)10-3-5-11(6-4-10)15-12-7-8-12/h3-6,12H,7-8H2,1-2H3/b13-9-. The Morgan fingerprint density at radius 3 is 2.53 bits per heavy atom. The second-order valence-electron chi connectivity index (χ2n) is 3.70. The van der Waals surface area contributed by atoms with Crippen LogP contribution >= 0.6 is 11.8 Å². The Morgan fingerprint density at radius 2 is 2.00 bits per heavy atom. The minimum Gasteiger partial charge on any atom is -0.399 e. The maximum atomic E-state index is 4.75. The summed E-state index contributed by atoms with van der Waals surface area (Å²) < 4.78 is 0. The van der Waals surface area contributed by atoms with Gasteiger partial charge in [-0.2, -0.15) is 0 Å². The zero-order valence-corrected chi connectivity index (χ0v) is 9.88. The SMILES string of the molecule is CO/N=C(/C)c1ccc(SC2CC2)cc1. The summed E-state index contributed by atoms with van der Waals surface area (Å²) in [6.07, 6.45) is 2.74. The fourth-order valence-electron chi connectivity index (χ4n) is 1.34. The summed E-state index contributed by atoms with van der Waals surface area (Å²) in [7, 11) is 1.57. The topological polar surface area (TPSA) is 21.6 Å². The molecule has 1 fully saturated rings. The van der Waals surface area contributed by atoms with Crippen LogP contribution < -0.4 is 0 Å². The molecule has 0 spiro atoms. The number of thioether (sulfide) groups is 1. The molecule has 1 saturated carbocycles. The highest BCUT2D eigenvalue weighted by atomic mass is 32.2. The summed E-state index contributed by atoms with van der Waals surface area (Å²) in [5, 5.41) is 4.77. The predicted octanol–water partition coefficient (Wildman–Crippen LogP) is 3.31. The number of oxime groups is 1. The Balaban J connectivity index is 2.05. The van der Waals surface area contributed by atoms with Gasteiger partial charge in [0.1, 0.15) is 7.11 Å². The molecule has 0 aliphatic heterocycles. The minimum absolute atomic E-state index is 0.865. The zero-order valence-electron chi connectivity index (χ0n) is 9.06. The average molecular weight is 221 g/mol. The third-order valence-corrected chi connectivity index (χ3v) is 3.68. The Bertz CT molecular complexity index is 354. The normalized spacial score (nSPS) is 16.5. The van der Waals surface area contributed by atoms with Crippen LogP contribution in [0.15, 0.2) is 34.3 Å². The lowest BCUT2D eigenvalue weighted by atomic mass is 10.1. The summed E-state index contributed by atoms with van der Waals surface area (Å²) in [4.78, 5) is 6.10. The molecule has 1 aromatic rings. The number of rotatable bonds is 4. The number of hydrogen-bond donors (Lipinski definition) is 0. The maximum Gasteiger partial charge on any atom is 0.106 e. The van der Waals surface area contributed by atoms with Crippen LogP contribution in [0.25, 0.3) is 0 Å². The van der Waals surface area contributed by atoms with Gasteiger partial charge in [0.05, 0.1) is 5.71 Å². The van der Waals surface area contributed by atoms with Crippen LogP contribution in [0, 0.1) is 0 Å². The third-order valence-electron chi connectivity index (χ3n) is 2.33. The van der Waals surface area contributed by atoms with E-state index in [0.717, 1.165) is 16.5 Å². The van der Waals surface area contributed by atoms with E-state index >= 15 is 0 Å². The second kappa shape index (κ2) is 4.71. The van der Waals surface area contributed by atoms with E-state index in [2.05, 4.69) is 29.4 Å². The van der Waals surface area contributed by atoms with Gasteiger partial charge < -0.3 is 4.84 Å². The van der Waals surface area contributed by atoms with E-state index < -0.39 is 0 Å². The summed E-state index contributed by atoms with van der Waals surface area (Å²) in [5.74, 6) is 0. The molecule has 1 aromatic carbocycles. The zero-order chi connectivity index (χ0) is 10.7. The van der Waals surface area contributed by atoms with Crippen molar-refractivity contribution in [3.63, 3.8) is 0 Å². The summed E-state index contributed by atoms with van der Waals surface area (Å²) in [6, 6.07) is 8.52. The summed E-state index contributed by atoms with van der Waals surface area (Å²) in [6.45, 7) is 1.95. The van der Waals surface area contributed by atoms with Crippen molar-refractivity contribution in [2.45, 2.75) is 29.9 Å². The molecule has 0 radical (unpaired) electrons. The molecule has 15 heavy (non-hydrogen) atoms. The lowest BCUT2D eigenvalue weighted by Crippen LogP contribution is -1.94. The van der Waals surface area contributed by atoms with E-state index in [-0.39, 0.29) is 0 Å². The highest BCUT2D eigenvalue weighted by molar-refractivity contribution is 8.00. The smallest absolute Gasteiger partial charge is 0.106 e. The summed E-state index contributed by atoms with van der Waals surface area (Å²) >= 11 is 1.97. The lowest BCUT2D eigenvalue weighted by Gasteiger charge is -2.02. The molecule has 0 N–H and O–H groups in total. The van der Waals surface area contributed by atoms with Crippen LogP contribution in [0.4, 0.5) is 0 Å². The second-order valence-corrected chi connectivity index (χ2v) is 5.07. The van der Waals surface area contributed by atoms with Crippen LogP contribution in [-0.4, -0.2) is 18.1 Å². The predicted molar refractivity (Wildman–Crippen MR) is 64.5 cm³/mol. The lowest BCUT2D eigenvalue weighted by molar-refractivity contribution is 0.213. The van der Waals surface area contributed by atoms with Crippen molar-refractivity contribution in [1.82, 2.24) is 0 Å². The van der Waals surface area contributed by atoms with Gasteiger partial charge in [-0.3, -0.25) is 0 Å². The minimum atomic E-state index is 0.865. The van der Waals surface area contributed by atoms with Crippen molar-refractivity contribution in [2.75, 3.05) is 7.11 Å². The molecule has 0 unspecified atom stereocenters. The van der Waals surface area contributed by atoms with Gasteiger partial charge in [0.25, 0.3) is 0 Å². The van der Waals surface area contributed by atoms with Crippen molar-refractivity contribution < 1.29 is 4.84 Å². The van der Waals surface area contributed by atoms with Gasteiger partial charge in [0.15, 0.2) is 0 Å². The number of benzene rings is 1. The fourth-order valence-corrected chi connectivity index (χ4v) is 2.39. The van der Waals surface area contributed by atoms with E-state index in [1.165, 1.54) is 17.7 Å². The van der Waals surface area contributed by atoms with Gasteiger partial charge in [0.2, 0.25) is 0 Å². The highest BCUT2D eigenvalue weighted by Gasteiger charge is 2.22. The molecule has 0 aromatic heterocycles. The van der Waals surface area contributed by atoms with Crippen molar-refractivity contribution in [3.8, 4) is 0 Å². The van der Waals surface area contributed by atoms with Gasteiger partial charge >= 0.3 is 0 Å². The van der Waals surface area contributed by atoms with Crippen LogP contribution in [0.2, 0.25) is 0 Å². The van der Waals surface area contributed by atoms with Crippen molar-refractivity contribution >= 4 is 17.5 Å². The number of hydrogen-bond acceptors (Lipinski definition) is 3. The molecule has 1 aliphatic carbocycles. The Hall–Kier alpha value is -0.960. The molecule has 80 valence electrons. The van der Waals surface area contributed by atoms with Crippen LogP contribution in [0.1, 0.15) is 25.3 Å². The van der Waals surface area contributed by atoms with E-state index in [9.17, 15) is 0 Å². The average Bonchev–Trinajstić information content (AvgIpc) is 3.03. The van der Waals surface area contributed by atoms with E-state index in [1.807, 2.05) is 18.7 Å². The molecule has 2 rings (SSSR count). The van der Waals surface area contributed by atoms with Crippen LogP contribution in [0.3, 0.4) is 0 Å². The van der Waals surface area contributed by atoms with Gasteiger partial charge in [0, 0.05) is 10.1 Å². The highest BCUT2D eigenvalue weighted by Crippen LogP contribution is 2.38. The first kappa shape index (κ1) is 10.6. The van der Waals surface area contributed by atoms with Crippen molar-refractivity contribution in [2.24, 2.45) is 5.16 Å². The first-order valence-corrected chi connectivity index (χ1v) is 6.02. The molecular weight excluding hydrogens is 206 g/mol. The Morgan fingerprint density at radius 1 is 1.33 bits per heavy atom. The van der Waals surface area contributed by atoms with Crippen molar-refractivity contribution in [1.29, 1.82) is 0 Å². The molecule has 0 bridgehead atoms. The fraction of sp³-hybridized carbons (Fsp3) is 0.417. The molecule has 0 saturated heterocycles. The Labute approximate surface area is 94.7 Å². The first-order chi connectivity index (χ1) is 7.29. The maximum absolute atomic E-state index is 4.75. The first-order valence-electron chi connectivity index (χ1n) is 5.14. The molecule has 3 heteroatoms. The number of nitrogens with zero attached hydrogens (tertiary/aromatic N) is 1. The molecule has 1 aliphatic rings. The molecule has 2 nitrogen and oxygen atoms in total.